The minimum Gasteiger partial charge on any atom is -0.481 e. The second-order valence-corrected chi connectivity index (χ2v) is 6.73. The van der Waals surface area contributed by atoms with Crippen LogP contribution in [0.15, 0.2) is 53.2 Å². The van der Waals surface area contributed by atoms with E-state index in [4.69, 9.17) is 5.11 Å². The summed E-state index contributed by atoms with van der Waals surface area (Å²) in [5, 5.41) is 10.7. The molecular formula is C16H11NO3S2. The fourth-order valence-electron chi connectivity index (χ4n) is 2.10. The maximum Gasteiger partial charge on any atom is 0.313 e. The van der Waals surface area contributed by atoms with Crippen molar-refractivity contribution in [3.05, 3.63) is 53.7 Å². The molecule has 0 aliphatic carbocycles. The molecule has 2 aromatic rings. The molecule has 0 aromatic heterocycles. The molecule has 1 heterocycles. The van der Waals surface area contributed by atoms with Gasteiger partial charge in [-0.15, -0.1) is 0 Å². The van der Waals surface area contributed by atoms with Gasteiger partial charge in [-0.3, -0.25) is 9.59 Å². The molecule has 0 unspecified atom stereocenters. The summed E-state index contributed by atoms with van der Waals surface area (Å²) in [4.78, 5) is 26.8. The summed E-state index contributed by atoms with van der Waals surface area (Å²) in [7, 11) is 0. The summed E-state index contributed by atoms with van der Waals surface area (Å²) in [5.41, 5.74) is 1.28. The van der Waals surface area contributed by atoms with Crippen molar-refractivity contribution in [3.8, 4) is 0 Å². The Morgan fingerprint density at radius 1 is 1.23 bits per heavy atom. The zero-order valence-electron chi connectivity index (χ0n) is 11.4. The summed E-state index contributed by atoms with van der Waals surface area (Å²) >= 11 is 2.05. The van der Waals surface area contributed by atoms with Crippen LogP contribution in [0.5, 0.6) is 0 Å². The van der Waals surface area contributed by atoms with E-state index in [1.807, 2.05) is 42.5 Å². The van der Waals surface area contributed by atoms with E-state index in [1.165, 1.54) is 0 Å². The third-order valence-corrected chi connectivity index (χ3v) is 5.03. The number of hydrogen-bond acceptors (Lipinski definition) is 5. The Hall–Kier alpha value is -2.05. The third-order valence-electron chi connectivity index (χ3n) is 3.04. The lowest BCUT2D eigenvalue weighted by Crippen LogP contribution is -1.99. The van der Waals surface area contributed by atoms with Crippen molar-refractivity contribution >= 4 is 55.8 Å². The highest BCUT2D eigenvalue weighted by Gasteiger charge is 2.23. The Bertz CT molecular complexity index is 822. The molecule has 110 valence electrons. The molecule has 0 saturated carbocycles. The fourth-order valence-corrected chi connectivity index (χ4v) is 3.66. The van der Waals surface area contributed by atoms with Gasteiger partial charge in [0.05, 0.1) is 5.75 Å². The molecule has 0 atom stereocenters. The third kappa shape index (κ3) is 3.23. The van der Waals surface area contributed by atoms with Gasteiger partial charge in [-0.2, -0.15) is 0 Å². The van der Waals surface area contributed by atoms with Crippen molar-refractivity contribution < 1.29 is 14.7 Å². The van der Waals surface area contributed by atoms with Crippen molar-refractivity contribution in [2.45, 2.75) is 0 Å². The van der Waals surface area contributed by atoms with Gasteiger partial charge in [0.25, 0.3) is 0 Å². The molecule has 22 heavy (non-hydrogen) atoms. The molecule has 0 bridgehead atoms. The molecule has 1 N–H and O–H groups in total. The SMILES string of the molecule is O=C(O)CSC1=NC(=Cc2cccc3ccccc23)C(=O)S1. The van der Waals surface area contributed by atoms with Crippen molar-refractivity contribution in [1.82, 2.24) is 0 Å². The summed E-state index contributed by atoms with van der Waals surface area (Å²) in [6, 6.07) is 13.8. The monoisotopic (exact) mass is 329 g/mol. The van der Waals surface area contributed by atoms with Crippen LogP contribution in [0.4, 0.5) is 0 Å². The molecule has 3 rings (SSSR count). The number of rotatable bonds is 3. The summed E-state index contributed by atoms with van der Waals surface area (Å²) in [6.45, 7) is 0. The second-order valence-electron chi connectivity index (χ2n) is 4.55. The molecule has 0 amide bonds. The predicted octanol–water partition coefficient (Wildman–Crippen LogP) is 3.63. The van der Waals surface area contributed by atoms with Crippen LogP contribution in [0.25, 0.3) is 16.8 Å². The number of fused-ring (bicyclic) bond motifs is 1. The van der Waals surface area contributed by atoms with Crippen LogP contribution in [0.1, 0.15) is 5.56 Å². The predicted molar refractivity (Wildman–Crippen MR) is 92.1 cm³/mol. The Morgan fingerprint density at radius 3 is 2.82 bits per heavy atom. The van der Waals surface area contributed by atoms with E-state index in [-0.39, 0.29) is 10.9 Å². The van der Waals surface area contributed by atoms with Crippen LogP contribution >= 0.6 is 23.5 Å². The van der Waals surface area contributed by atoms with Crippen LogP contribution in [0, 0.1) is 0 Å². The van der Waals surface area contributed by atoms with E-state index < -0.39 is 5.97 Å². The fraction of sp³-hybridized carbons (Fsp3) is 0.0625. The lowest BCUT2D eigenvalue weighted by molar-refractivity contribution is -0.133. The van der Waals surface area contributed by atoms with Crippen LogP contribution < -0.4 is 0 Å². The number of hydrogen-bond donors (Lipinski definition) is 1. The summed E-state index contributed by atoms with van der Waals surface area (Å²) in [5.74, 6) is -1.02. The molecule has 2 aromatic carbocycles. The van der Waals surface area contributed by atoms with Crippen molar-refractivity contribution in [2.75, 3.05) is 5.75 Å². The first-order valence-corrected chi connectivity index (χ1v) is 8.28. The van der Waals surface area contributed by atoms with Crippen LogP contribution in [-0.2, 0) is 9.59 Å². The first-order valence-electron chi connectivity index (χ1n) is 6.48. The van der Waals surface area contributed by atoms with Crippen LogP contribution in [-0.4, -0.2) is 26.3 Å². The zero-order chi connectivity index (χ0) is 15.5. The van der Waals surface area contributed by atoms with E-state index in [0.717, 1.165) is 39.9 Å². The van der Waals surface area contributed by atoms with Crippen molar-refractivity contribution in [3.63, 3.8) is 0 Å². The Labute approximate surface area is 135 Å². The van der Waals surface area contributed by atoms with Gasteiger partial charge >= 0.3 is 5.97 Å². The number of nitrogens with zero attached hydrogens (tertiary/aromatic N) is 1. The molecular weight excluding hydrogens is 318 g/mol. The highest BCUT2D eigenvalue weighted by atomic mass is 32.2. The summed E-state index contributed by atoms with van der Waals surface area (Å²) < 4.78 is 0.485. The number of carboxylic acids is 1. The number of benzene rings is 2. The molecule has 1 aliphatic rings. The lowest BCUT2D eigenvalue weighted by atomic mass is 10.0. The van der Waals surface area contributed by atoms with E-state index in [9.17, 15) is 9.59 Å². The van der Waals surface area contributed by atoms with Gasteiger partial charge in [-0.25, -0.2) is 4.99 Å². The molecule has 0 radical (unpaired) electrons. The molecule has 0 saturated heterocycles. The van der Waals surface area contributed by atoms with Gasteiger partial charge in [0.1, 0.15) is 10.1 Å². The molecule has 0 fully saturated rings. The minimum absolute atomic E-state index is 0.0966. The van der Waals surface area contributed by atoms with Crippen LogP contribution in [0.3, 0.4) is 0 Å². The zero-order valence-corrected chi connectivity index (χ0v) is 13.0. The Morgan fingerprint density at radius 2 is 2.00 bits per heavy atom. The van der Waals surface area contributed by atoms with E-state index >= 15 is 0 Å². The first-order chi connectivity index (χ1) is 10.6. The maximum absolute atomic E-state index is 12.0. The Kier molecular flexibility index (Phi) is 4.31. The van der Waals surface area contributed by atoms with Gasteiger partial charge in [-0.1, -0.05) is 54.2 Å². The van der Waals surface area contributed by atoms with Gasteiger partial charge in [-0.05, 0) is 34.2 Å². The topological polar surface area (TPSA) is 66.7 Å². The molecule has 4 nitrogen and oxygen atoms in total. The second kappa shape index (κ2) is 6.37. The highest BCUT2D eigenvalue weighted by Crippen LogP contribution is 2.32. The first kappa shape index (κ1) is 14.9. The lowest BCUT2D eigenvalue weighted by Gasteiger charge is -2.01. The molecule has 1 aliphatic heterocycles. The largest absolute Gasteiger partial charge is 0.481 e. The maximum atomic E-state index is 12.0. The smallest absolute Gasteiger partial charge is 0.313 e. The minimum atomic E-state index is -0.924. The average molecular weight is 329 g/mol. The van der Waals surface area contributed by atoms with Crippen molar-refractivity contribution in [2.24, 2.45) is 4.99 Å². The standard InChI is InChI=1S/C16H11NO3S2/c18-14(19)9-21-16-17-13(15(20)22-16)8-11-6-3-5-10-4-1-2-7-12(10)11/h1-8H,9H2,(H,18,19). The number of carbonyl (C=O) groups excluding carboxylic acids is 1. The van der Waals surface area contributed by atoms with Crippen LogP contribution in [0.2, 0.25) is 0 Å². The van der Waals surface area contributed by atoms with Gasteiger partial charge in [0.2, 0.25) is 5.12 Å². The van der Waals surface area contributed by atoms with Gasteiger partial charge in [0, 0.05) is 0 Å². The number of aliphatic carboxylic acids is 1. The quantitative estimate of drug-likeness (QED) is 0.871. The normalized spacial score (nSPS) is 16.3. The molecule has 6 heteroatoms. The molecule has 0 spiro atoms. The van der Waals surface area contributed by atoms with Crippen molar-refractivity contribution in [1.29, 1.82) is 0 Å². The number of carbonyl (C=O) groups is 2. The average Bonchev–Trinajstić information content (AvgIpc) is 2.86. The van der Waals surface area contributed by atoms with E-state index in [0.29, 0.717) is 10.1 Å². The van der Waals surface area contributed by atoms with E-state index in [2.05, 4.69) is 4.99 Å². The Balaban J connectivity index is 1.93. The number of aliphatic imine (C=N–C) groups is 1. The summed E-state index contributed by atoms with van der Waals surface area (Å²) in [6.07, 6.45) is 1.76. The van der Waals surface area contributed by atoms with Gasteiger partial charge < -0.3 is 5.11 Å². The number of carboxylic acid groups (broad SMARTS) is 1. The number of thioether (sulfide) groups is 2. The van der Waals surface area contributed by atoms with Gasteiger partial charge in [0.15, 0.2) is 0 Å². The van der Waals surface area contributed by atoms with E-state index in [1.54, 1.807) is 6.08 Å². The highest BCUT2D eigenvalue weighted by molar-refractivity contribution is 8.45.